The highest BCUT2D eigenvalue weighted by Gasteiger charge is 2.13. The van der Waals surface area contributed by atoms with Crippen LogP contribution in [0.3, 0.4) is 0 Å². The lowest BCUT2D eigenvalue weighted by Crippen LogP contribution is -1.99. The first-order chi connectivity index (χ1) is 11.2. The van der Waals surface area contributed by atoms with Gasteiger partial charge in [-0.3, -0.25) is 4.57 Å². The van der Waals surface area contributed by atoms with Crippen LogP contribution in [0, 0.1) is 6.92 Å². The lowest BCUT2D eigenvalue weighted by molar-refractivity contribution is 0.415. The molecule has 4 heteroatoms. The molecule has 0 bridgehead atoms. The molecule has 0 aliphatic carbocycles. The zero-order valence-corrected chi connectivity index (χ0v) is 14.4. The number of methoxy groups -OCH3 is 1. The van der Waals surface area contributed by atoms with Crippen LogP contribution in [-0.4, -0.2) is 22.4 Å². The minimum atomic E-state index is 0.860. The van der Waals surface area contributed by atoms with Gasteiger partial charge in [0, 0.05) is 11.3 Å². The van der Waals surface area contributed by atoms with Crippen molar-refractivity contribution in [3.63, 3.8) is 0 Å². The van der Waals surface area contributed by atoms with Crippen LogP contribution in [0.15, 0.2) is 59.9 Å². The fourth-order valence-electron chi connectivity index (χ4n) is 2.47. The molecule has 0 saturated carbocycles. The summed E-state index contributed by atoms with van der Waals surface area (Å²) in [7, 11) is 1.68. The number of nitrogens with zero attached hydrogens (tertiary/aromatic N) is 2. The molecule has 0 amide bonds. The van der Waals surface area contributed by atoms with Gasteiger partial charge in [0.15, 0.2) is 5.16 Å². The van der Waals surface area contributed by atoms with Gasteiger partial charge in [-0.2, -0.15) is 0 Å². The summed E-state index contributed by atoms with van der Waals surface area (Å²) in [6.07, 6.45) is 1.94. The van der Waals surface area contributed by atoms with E-state index in [9.17, 15) is 0 Å². The normalized spacial score (nSPS) is 10.7. The minimum Gasteiger partial charge on any atom is -0.497 e. The van der Waals surface area contributed by atoms with Gasteiger partial charge in [0.2, 0.25) is 0 Å². The van der Waals surface area contributed by atoms with Crippen LogP contribution >= 0.6 is 11.8 Å². The largest absolute Gasteiger partial charge is 0.497 e. The van der Waals surface area contributed by atoms with Crippen LogP contribution in [0.4, 0.5) is 0 Å². The van der Waals surface area contributed by atoms with Gasteiger partial charge in [-0.1, -0.05) is 36.4 Å². The summed E-state index contributed by atoms with van der Waals surface area (Å²) in [6, 6.07) is 16.7. The summed E-state index contributed by atoms with van der Waals surface area (Å²) in [5.74, 6) is 1.85. The number of thioether (sulfide) groups is 1. The van der Waals surface area contributed by atoms with E-state index in [2.05, 4.69) is 59.8 Å². The van der Waals surface area contributed by atoms with Gasteiger partial charge in [0.1, 0.15) is 5.75 Å². The smallest absolute Gasteiger partial charge is 0.173 e. The Balaban J connectivity index is 2.11. The number of ether oxygens (including phenoxy) is 1. The number of aromatic nitrogens is 2. The van der Waals surface area contributed by atoms with Crippen LogP contribution in [0.25, 0.3) is 16.9 Å². The van der Waals surface area contributed by atoms with Gasteiger partial charge in [-0.05, 0) is 49.1 Å². The fourth-order valence-corrected chi connectivity index (χ4v) is 3.19. The zero-order chi connectivity index (χ0) is 16.2. The molecule has 0 aliphatic rings. The molecule has 0 atom stereocenters. The fraction of sp³-hybridized carbons (Fsp3) is 0.211. The Labute approximate surface area is 141 Å². The maximum atomic E-state index is 5.25. The van der Waals surface area contributed by atoms with E-state index in [4.69, 9.17) is 4.74 Å². The highest BCUT2D eigenvalue weighted by atomic mass is 32.2. The Morgan fingerprint density at radius 3 is 2.35 bits per heavy atom. The molecule has 0 aliphatic heterocycles. The van der Waals surface area contributed by atoms with Crippen molar-refractivity contribution in [3.8, 4) is 22.7 Å². The predicted octanol–water partition coefficient (Wildman–Crippen LogP) is 4.97. The van der Waals surface area contributed by atoms with Crippen molar-refractivity contribution in [1.29, 1.82) is 0 Å². The van der Waals surface area contributed by atoms with Crippen molar-refractivity contribution >= 4 is 11.8 Å². The van der Waals surface area contributed by atoms with Gasteiger partial charge in [0.25, 0.3) is 0 Å². The first-order valence-corrected chi connectivity index (χ1v) is 8.63. The average molecular weight is 324 g/mol. The molecule has 0 unspecified atom stereocenters. The van der Waals surface area contributed by atoms with Crippen molar-refractivity contribution in [2.75, 3.05) is 12.9 Å². The van der Waals surface area contributed by atoms with E-state index < -0.39 is 0 Å². The monoisotopic (exact) mass is 324 g/mol. The molecule has 1 aromatic heterocycles. The molecule has 23 heavy (non-hydrogen) atoms. The summed E-state index contributed by atoms with van der Waals surface area (Å²) < 4.78 is 7.47. The number of benzene rings is 2. The summed E-state index contributed by atoms with van der Waals surface area (Å²) in [6.45, 7) is 4.25. The molecule has 0 spiro atoms. The van der Waals surface area contributed by atoms with Gasteiger partial charge in [-0.15, -0.1) is 0 Å². The van der Waals surface area contributed by atoms with E-state index >= 15 is 0 Å². The summed E-state index contributed by atoms with van der Waals surface area (Å²) >= 11 is 1.75. The van der Waals surface area contributed by atoms with E-state index in [1.807, 2.05) is 18.3 Å². The van der Waals surface area contributed by atoms with Crippen LogP contribution in [0.2, 0.25) is 0 Å². The summed E-state index contributed by atoms with van der Waals surface area (Å²) in [5, 5.41) is 1.02. The molecule has 0 saturated heterocycles. The second kappa shape index (κ2) is 6.92. The zero-order valence-electron chi connectivity index (χ0n) is 13.6. The van der Waals surface area contributed by atoms with E-state index in [1.165, 1.54) is 5.56 Å². The van der Waals surface area contributed by atoms with E-state index in [-0.39, 0.29) is 0 Å². The van der Waals surface area contributed by atoms with Gasteiger partial charge in [-0.25, -0.2) is 4.98 Å². The van der Waals surface area contributed by atoms with Crippen molar-refractivity contribution in [3.05, 3.63) is 60.3 Å². The van der Waals surface area contributed by atoms with Gasteiger partial charge in [0.05, 0.1) is 19.0 Å². The van der Waals surface area contributed by atoms with Gasteiger partial charge >= 0.3 is 0 Å². The molecular formula is C19H20N2OS. The standard InChI is InChI=1S/C19H20N2OS/c1-4-23-19-20-13-18(15-7-11-17(22-3)12-8-15)21(19)16-9-5-14(2)6-10-16/h5-13H,4H2,1-3H3. The number of hydrogen-bond acceptors (Lipinski definition) is 3. The van der Waals surface area contributed by atoms with Crippen LogP contribution < -0.4 is 4.74 Å². The first-order valence-electron chi connectivity index (χ1n) is 7.65. The lowest BCUT2D eigenvalue weighted by Gasteiger charge is -2.12. The molecular weight excluding hydrogens is 304 g/mol. The van der Waals surface area contributed by atoms with Crippen LogP contribution in [0.1, 0.15) is 12.5 Å². The quantitative estimate of drug-likeness (QED) is 0.620. The predicted molar refractivity (Wildman–Crippen MR) is 96.7 cm³/mol. The number of aryl methyl sites for hydroxylation is 1. The van der Waals surface area contributed by atoms with Gasteiger partial charge < -0.3 is 4.74 Å². The number of imidazole rings is 1. The first kappa shape index (κ1) is 15.7. The van der Waals surface area contributed by atoms with E-state index in [0.717, 1.165) is 33.6 Å². The minimum absolute atomic E-state index is 0.860. The lowest BCUT2D eigenvalue weighted by atomic mass is 10.1. The molecule has 3 aromatic rings. The SMILES string of the molecule is CCSc1ncc(-c2ccc(OC)cc2)n1-c1ccc(C)cc1. The third kappa shape index (κ3) is 3.27. The van der Waals surface area contributed by atoms with Crippen LogP contribution in [-0.2, 0) is 0 Å². The summed E-state index contributed by atoms with van der Waals surface area (Å²) in [5.41, 5.74) is 4.61. The second-order valence-corrected chi connectivity index (χ2v) is 6.49. The average Bonchev–Trinajstić information content (AvgIpc) is 3.00. The Morgan fingerprint density at radius 2 is 1.74 bits per heavy atom. The Morgan fingerprint density at radius 1 is 1.04 bits per heavy atom. The van der Waals surface area contributed by atoms with E-state index in [0.29, 0.717) is 0 Å². The molecule has 3 nitrogen and oxygen atoms in total. The molecule has 0 fully saturated rings. The molecule has 3 rings (SSSR count). The Kier molecular flexibility index (Phi) is 4.72. The third-order valence-corrected chi connectivity index (χ3v) is 4.52. The second-order valence-electron chi connectivity index (χ2n) is 5.26. The molecule has 2 aromatic carbocycles. The molecule has 0 radical (unpaired) electrons. The Hall–Kier alpha value is -2.20. The molecule has 1 heterocycles. The van der Waals surface area contributed by atoms with Crippen molar-refractivity contribution in [2.24, 2.45) is 0 Å². The molecule has 118 valence electrons. The Bertz CT molecular complexity index is 776. The topological polar surface area (TPSA) is 27.1 Å². The van der Waals surface area contributed by atoms with E-state index in [1.54, 1.807) is 18.9 Å². The highest BCUT2D eigenvalue weighted by molar-refractivity contribution is 7.99. The van der Waals surface area contributed by atoms with Crippen molar-refractivity contribution in [1.82, 2.24) is 9.55 Å². The third-order valence-electron chi connectivity index (χ3n) is 3.68. The maximum absolute atomic E-state index is 5.25. The maximum Gasteiger partial charge on any atom is 0.173 e. The van der Waals surface area contributed by atoms with Crippen LogP contribution in [0.5, 0.6) is 5.75 Å². The highest BCUT2D eigenvalue weighted by Crippen LogP contribution is 2.30. The number of hydrogen-bond donors (Lipinski definition) is 0. The van der Waals surface area contributed by atoms with Crippen molar-refractivity contribution in [2.45, 2.75) is 19.0 Å². The summed E-state index contributed by atoms with van der Waals surface area (Å²) in [4.78, 5) is 4.62. The number of rotatable bonds is 5. The van der Waals surface area contributed by atoms with Crippen molar-refractivity contribution < 1.29 is 4.74 Å². The molecule has 0 N–H and O–H groups in total.